The van der Waals surface area contributed by atoms with E-state index in [4.69, 9.17) is 16.0 Å². The van der Waals surface area contributed by atoms with Crippen LogP contribution < -0.4 is 0 Å². The summed E-state index contributed by atoms with van der Waals surface area (Å²) >= 11 is 5.98. The number of hydrogen-bond acceptors (Lipinski definition) is 4. The summed E-state index contributed by atoms with van der Waals surface area (Å²) in [7, 11) is 0. The first-order valence-electron chi connectivity index (χ1n) is 6.16. The van der Waals surface area contributed by atoms with E-state index in [9.17, 15) is 13.6 Å². The van der Waals surface area contributed by atoms with Crippen molar-refractivity contribution in [3.8, 4) is 11.5 Å². The fourth-order valence-electron chi connectivity index (χ4n) is 1.67. The third-order valence-electron chi connectivity index (χ3n) is 2.74. The van der Waals surface area contributed by atoms with Crippen molar-refractivity contribution in [3.63, 3.8) is 0 Å². The average Bonchev–Trinajstić information content (AvgIpc) is 2.87. The van der Waals surface area contributed by atoms with Gasteiger partial charge in [-0.05, 0) is 31.5 Å². The molecule has 2 aromatic rings. The van der Waals surface area contributed by atoms with Crippen LogP contribution in [0.25, 0.3) is 11.5 Å². The fourth-order valence-corrected chi connectivity index (χ4v) is 1.85. The van der Waals surface area contributed by atoms with Crippen LogP contribution in [-0.4, -0.2) is 17.6 Å². The van der Waals surface area contributed by atoms with Crippen LogP contribution >= 0.6 is 11.6 Å². The molecular weight excluding hydrogens is 304 g/mol. The van der Waals surface area contributed by atoms with Crippen LogP contribution in [0.15, 0.2) is 22.6 Å². The molecule has 0 atom stereocenters. The second-order valence-corrected chi connectivity index (χ2v) is 4.63. The molecule has 0 aliphatic carbocycles. The van der Waals surface area contributed by atoms with Gasteiger partial charge in [0.15, 0.2) is 5.69 Å². The molecule has 0 fully saturated rings. The maximum atomic E-state index is 12.9. The number of carbonyl (C=O) groups is 1. The largest absolute Gasteiger partial charge is 0.460 e. The minimum Gasteiger partial charge on any atom is -0.460 e. The van der Waals surface area contributed by atoms with Crippen LogP contribution in [0.3, 0.4) is 0 Å². The van der Waals surface area contributed by atoms with Crippen LogP contribution in [0.2, 0.25) is 5.02 Å². The van der Waals surface area contributed by atoms with Crippen LogP contribution in [-0.2, 0) is 4.74 Å². The molecular formula is C14H12ClF2NO3. The van der Waals surface area contributed by atoms with Gasteiger partial charge in [-0.2, -0.15) is 0 Å². The van der Waals surface area contributed by atoms with Gasteiger partial charge in [0, 0.05) is 10.6 Å². The highest BCUT2D eigenvalue weighted by Crippen LogP contribution is 2.30. The van der Waals surface area contributed by atoms with Crippen molar-refractivity contribution in [2.75, 3.05) is 6.61 Å². The molecule has 7 heteroatoms. The zero-order valence-electron chi connectivity index (χ0n) is 11.3. The van der Waals surface area contributed by atoms with Crippen LogP contribution in [0.4, 0.5) is 8.78 Å². The van der Waals surface area contributed by atoms with Crippen molar-refractivity contribution in [2.24, 2.45) is 0 Å². The molecule has 1 heterocycles. The monoisotopic (exact) mass is 315 g/mol. The SMILES string of the molecule is CCOC(=O)c1oc(-c2ccc(C)c(Cl)c2)nc1C(F)F. The topological polar surface area (TPSA) is 52.3 Å². The Morgan fingerprint density at radius 2 is 2.19 bits per heavy atom. The number of esters is 1. The second-order valence-electron chi connectivity index (χ2n) is 4.22. The number of rotatable bonds is 4. The molecule has 1 aromatic heterocycles. The summed E-state index contributed by atoms with van der Waals surface area (Å²) in [6.07, 6.45) is -2.94. The van der Waals surface area contributed by atoms with E-state index >= 15 is 0 Å². The number of carbonyl (C=O) groups excluding carboxylic acids is 1. The Morgan fingerprint density at radius 3 is 2.76 bits per heavy atom. The first-order valence-corrected chi connectivity index (χ1v) is 6.54. The highest BCUT2D eigenvalue weighted by Gasteiger charge is 2.28. The number of alkyl halides is 2. The zero-order valence-corrected chi connectivity index (χ0v) is 12.1. The Hall–Kier alpha value is -1.95. The molecule has 0 aliphatic rings. The van der Waals surface area contributed by atoms with Crippen molar-refractivity contribution >= 4 is 17.6 Å². The fraction of sp³-hybridized carbons (Fsp3) is 0.286. The smallest absolute Gasteiger partial charge is 0.376 e. The number of aryl methyl sites for hydroxylation is 1. The summed E-state index contributed by atoms with van der Waals surface area (Å²) in [4.78, 5) is 15.3. The molecule has 2 rings (SSSR count). The van der Waals surface area contributed by atoms with E-state index in [0.29, 0.717) is 10.6 Å². The molecule has 0 saturated carbocycles. The lowest BCUT2D eigenvalue weighted by atomic mass is 10.1. The Balaban J connectivity index is 2.48. The Morgan fingerprint density at radius 1 is 1.48 bits per heavy atom. The summed E-state index contributed by atoms with van der Waals surface area (Å²) in [5, 5.41) is 0.446. The minimum atomic E-state index is -2.94. The summed E-state index contributed by atoms with van der Waals surface area (Å²) < 4.78 is 35.7. The molecule has 0 spiro atoms. The molecule has 112 valence electrons. The molecule has 0 radical (unpaired) electrons. The van der Waals surface area contributed by atoms with Gasteiger partial charge in [-0.1, -0.05) is 17.7 Å². The van der Waals surface area contributed by atoms with Gasteiger partial charge < -0.3 is 9.15 Å². The zero-order chi connectivity index (χ0) is 15.6. The van der Waals surface area contributed by atoms with Gasteiger partial charge in [-0.3, -0.25) is 0 Å². The molecule has 21 heavy (non-hydrogen) atoms. The lowest BCUT2D eigenvalue weighted by Crippen LogP contribution is -2.06. The summed E-state index contributed by atoms with van der Waals surface area (Å²) in [5.41, 5.74) is 0.495. The van der Waals surface area contributed by atoms with E-state index in [-0.39, 0.29) is 12.5 Å². The molecule has 4 nitrogen and oxygen atoms in total. The molecule has 0 N–H and O–H groups in total. The maximum Gasteiger partial charge on any atom is 0.376 e. The standard InChI is InChI=1S/C14H12ClF2NO3/c1-3-20-14(19)11-10(12(16)17)18-13(21-11)8-5-4-7(2)9(15)6-8/h4-6,12H,3H2,1-2H3. The molecule has 0 amide bonds. The normalized spacial score (nSPS) is 11.0. The van der Waals surface area contributed by atoms with Crippen molar-refractivity contribution < 1.29 is 22.7 Å². The van der Waals surface area contributed by atoms with Gasteiger partial charge in [0.05, 0.1) is 6.61 Å². The number of ether oxygens (including phenoxy) is 1. The van der Waals surface area contributed by atoms with Crippen LogP contribution in [0.1, 0.15) is 35.2 Å². The summed E-state index contributed by atoms with van der Waals surface area (Å²) in [6, 6.07) is 4.86. The third kappa shape index (κ3) is 3.21. The summed E-state index contributed by atoms with van der Waals surface area (Å²) in [6.45, 7) is 3.42. The first-order chi connectivity index (χ1) is 9.93. The van der Waals surface area contributed by atoms with Gasteiger partial charge in [0.1, 0.15) is 0 Å². The van der Waals surface area contributed by atoms with Gasteiger partial charge in [-0.15, -0.1) is 0 Å². The molecule has 0 bridgehead atoms. The lowest BCUT2D eigenvalue weighted by Gasteiger charge is -2.00. The third-order valence-corrected chi connectivity index (χ3v) is 3.15. The van der Waals surface area contributed by atoms with Gasteiger partial charge in [-0.25, -0.2) is 18.6 Å². The molecule has 1 aromatic carbocycles. The van der Waals surface area contributed by atoms with Crippen LogP contribution in [0, 0.1) is 6.92 Å². The van der Waals surface area contributed by atoms with Crippen molar-refractivity contribution in [3.05, 3.63) is 40.2 Å². The average molecular weight is 316 g/mol. The summed E-state index contributed by atoms with van der Waals surface area (Å²) in [5.74, 6) is -1.65. The van der Waals surface area contributed by atoms with Crippen LogP contribution in [0.5, 0.6) is 0 Å². The number of aromatic nitrogens is 1. The number of hydrogen-bond donors (Lipinski definition) is 0. The quantitative estimate of drug-likeness (QED) is 0.784. The number of nitrogens with zero attached hydrogens (tertiary/aromatic N) is 1. The molecule has 0 saturated heterocycles. The number of halogens is 3. The highest BCUT2D eigenvalue weighted by atomic mass is 35.5. The minimum absolute atomic E-state index is 0.0495. The second kappa shape index (κ2) is 6.22. The Kier molecular flexibility index (Phi) is 4.57. The highest BCUT2D eigenvalue weighted by molar-refractivity contribution is 6.31. The van der Waals surface area contributed by atoms with Crippen molar-refractivity contribution in [2.45, 2.75) is 20.3 Å². The van der Waals surface area contributed by atoms with Crippen molar-refractivity contribution in [1.82, 2.24) is 4.98 Å². The van der Waals surface area contributed by atoms with Crippen molar-refractivity contribution in [1.29, 1.82) is 0 Å². The van der Waals surface area contributed by atoms with Gasteiger partial charge in [0.25, 0.3) is 6.43 Å². The van der Waals surface area contributed by atoms with E-state index in [1.165, 1.54) is 6.07 Å². The van der Waals surface area contributed by atoms with Gasteiger partial charge in [0.2, 0.25) is 11.7 Å². The predicted molar refractivity (Wildman–Crippen MR) is 72.6 cm³/mol. The van der Waals surface area contributed by atoms with E-state index in [1.54, 1.807) is 26.0 Å². The lowest BCUT2D eigenvalue weighted by molar-refractivity contribution is 0.0476. The molecule has 0 unspecified atom stereocenters. The Bertz CT molecular complexity index is 670. The van der Waals surface area contributed by atoms with Gasteiger partial charge >= 0.3 is 5.97 Å². The first kappa shape index (κ1) is 15.4. The Labute approximate surface area is 124 Å². The predicted octanol–water partition coefficient (Wildman–Crippen LogP) is 4.42. The van der Waals surface area contributed by atoms with E-state index in [1.807, 2.05) is 0 Å². The van der Waals surface area contributed by atoms with E-state index in [0.717, 1.165) is 5.56 Å². The number of oxazole rings is 1. The molecule has 0 aliphatic heterocycles. The van der Waals surface area contributed by atoms with E-state index in [2.05, 4.69) is 9.72 Å². The van der Waals surface area contributed by atoms with E-state index < -0.39 is 23.8 Å². The maximum absolute atomic E-state index is 12.9. The number of benzene rings is 1.